The summed E-state index contributed by atoms with van der Waals surface area (Å²) in [6.07, 6.45) is 6.55. The summed E-state index contributed by atoms with van der Waals surface area (Å²) in [6, 6.07) is 6.65. The summed E-state index contributed by atoms with van der Waals surface area (Å²) in [5.74, 6) is 0.346. The Kier molecular flexibility index (Phi) is 2.63. The van der Waals surface area contributed by atoms with Gasteiger partial charge >= 0.3 is 0 Å². The molecule has 1 aliphatic rings. The monoisotopic (exact) mass is 283 g/mol. The molecule has 1 aliphatic carbocycles. The molecule has 0 radical (unpaired) electrons. The molecule has 0 aliphatic heterocycles. The zero-order chi connectivity index (χ0) is 14.3. The summed E-state index contributed by atoms with van der Waals surface area (Å²) in [5.41, 5.74) is 1.59. The summed E-state index contributed by atoms with van der Waals surface area (Å²) in [4.78, 5) is 8.76. The van der Waals surface area contributed by atoms with E-state index in [0.29, 0.717) is 11.6 Å². The van der Waals surface area contributed by atoms with Crippen molar-refractivity contribution < 1.29 is 4.39 Å². The van der Waals surface area contributed by atoms with Crippen molar-refractivity contribution in [3.8, 4) is 0 Å². The fourth-order valence-electron chi connectivity index (χ4n) is 2.80. The minimum atomic E-state index is -0.219. The number of H-pyrrole nitrogens is 1. The molecule has 21 heavy (non-hydrogen) atoms. The number of fused-ring (bicyclic) bond motifs is 1. The van der Waals surface area contributed by atoms with Crippen LogP contribution >= 0.6 is 0 Å². The lowest BCUT2D eigenvalue weighted by Crippen LogP contribution is -2.42. The first kappa shape index (κ1) is 12.3. The second-order valence-corrected chi connectivity index (χ2v) is 5.44. The van der Waals surface area contributed by atoms with Crippen molar-refractivity contribution in [3.05, 3.63) is 48.0 Å². The second-order valence-electron chi connectivity index (χ2n) is 5.44. The Morgan fingerprint density at radius 3 is 2.67 bits per heavy atom. The number of benzene rings is 1. The van der Waals surface area contributed by atoms with Crippen molar-refractivity contribution in [3.63, 3.8) is 0 Å². The molecule has 6 heteroatoms. The van der Waals surface area contributed by atoms with Crippen LogP contribution in [0.4, 0.5) is 10.3 Å². The Bertz CT molecular complexity index is 776. The van der Waals surface area contributed by atoms with Crippen molar-refractivity contribution >= 4 is 17.0 Å². The van der Waals surface area contributed by atoms with Crippen LogP contribution in [0, 0.1) is 5.82 Å². The molecule has 4 rings (SSSR count). The van der Waals surface area contributed by atoms with E-state index in [1.165, 1.54) is 12.1 Å². The minimum Gasteiger partial charge on any atom is -0.345 e. The largest absolute Gasteiger partial charge is 0.345 e. The first-order valence-electron chi connectivity index (χ1n) is 6.96. The Morgan fingerprint density at radius 1 is 1.14 bits per heavy atom. The molecule has 0 atom stereocenters. The van der Waals surface area contributed by atoms with Crippen LogP contribution in [0.3, 0.4) is 0 Å². The average molecular weight is 283 g/mol. The molecule has 0 unspecified atom stereocenters. The lowest BCUT2D eigenvalue weighted by Gasteiger charge is -2.43. The van der Waals surface area contributed by atoms with Crippen LogP contribution in [0.1, 0.15) is 24.8 Å². The molecule has 1 saturated carbocycles. The van der Waals surface area contributed by atoms with Crippen LogP contribution in [0.2, 0.25) is 0 Å². The molecular weight excluding hydrogens is 269 g/mol. The zero-order valence-corrected chi connectivity index (χ0v) is 11.3. The van der Waals surface area contributed by atoms with Crippen LogP contribution in [-0.4, -0.2) is 20.2 Å². The minimum absolute atomic E-state index is 0.193. The predicted octanol–water partition coefficient (Wildman–Crippen LogP) is 2.98. The number of halogens is 1. The molecule has 1 aromatic carbocycles. The maximum absolute atomic E-state index is 13.1. The number of nitrogens with zero attached hydrogens (tertiary/aromatic N) is 3. The maximum Gasteiger partial charge on any atom is 0.225 e. The SMILES string of the molecule is Fc1ccc(C2(Nc3ncc4cn[nH]c4n3)CCC2)cc1. The summed E-state index contributed by atoms with van der Waals surface area (Å²) in [6.45, 7) is 0. The quantitative estimate of drug-likeness (QED) is 0.775. The molecule has 0 spiro atoms. The topological polar surface area (TPSA) is 66.5 Å². The van der Waals surface area contributed by atoms with Crippen molar-refractivity contribution in [1.29, 1.82) is 0 Å². The summed E-state index contributed by atoms with van der Waals surface area (Å²) in [7, 11) is 0. The van der Waals surface area contributed by atoms with Gasteiger partial charge in [-0.2, -0.15) is 10.1 Å². The molecule has 0 amide bonds. The Labute approximate surface area is 120 Å². The molecule has 1 fully saturated rings. The number of nitrogens with one attached hydrogen (secondary N) is 2. The summed E-state index contributed by atoms with van der Waals surface area (Å²) < 4.78 is 13.1. The number of aromatic nitrogens is 4. The smallest absolute Gasteiger partial charge is 0.225 e. The van der Waals surface area contributed by atoms with Crippen molar-refractivity contribution in [1.82, 2.24) is 20.2 Å². The van der Waals surface area contributed by atoms with E-state index in [1.54, 1.807) is 12.4 Å². The number of hydrogen-bond acceptors (Lipinski definition) is 4. The van der Waals surface area contributed by atoms with Gasteiger partial charge in [0.25, 0.3) is 0 Å². The first-order valence-corrected chi connectivity index (χ1v) is 6.96. The van der Waals surface area contributed by atoms with E-state index in [0.717, 1.165) is 30.2 Å². The van der Waals surface area contributed by atoms with Crippen LogP contribution < -0.4 is 5.32 Å². The van der Waals surface area contributed by atoms with E-state index in [9.17, 15) is 4.39 Å². The summed E-state index contributed by atoms with van der Waals surface area (Å²) >= 11 is 0. The van der Waals surface area contributed by atoms with Gasteiger partial charge in [-0.25, -0.2) is 9.37 Å². The Morgan fingerprint density at radius 2 is 1.95 bits per heavy atom. The van der Waals surface area contributed by atoms with Crippen LogP contribution in [0.5, 0.6) is 0 Å². The van der Waals surface area contributed by atoms with Gasteiger partial charge in [0.2, 0.25) is 5.95 Å². The standard InChI is InChI=1S/C15H14FN5/c16-12-4-2-11(3-5-12)15(6-1-7-15)20-14-17-8-10-9-18-21-13(10)19-14/h2-5,8-9H,1,6-7H2,(H2,17,18,19,20,21). The van der Waals surface area contributed by atoms with Gasteiger partial charge in [0.1, 0.15) is 5.82 Å². The van der Waals surface area contributed by atoms with Crippen LogP contribution in [-0.2, 0) is 5.54 Å². The molecule has 0 saturated heterocycles. The third-order valence-corrected chi connectivity index (χ3v) is 4.15. The van der Waals surface area contributed by atoms with Crippen molar-refractivity contribution in [2.75, 3.05) is 5.32 Å². The van der Waals surface area contributed by atoms with Gasteiger partial charge < -0.3 is 5.32 Å². The van der Waals surface area contributed by atoms with Gasteiger partial charge in [-0.05, 0) is 37.0 Å². The summed E-state index contributed by atoms with van der Waals surface area (Å²) in [5, 5.41) is 11.1. The molecule has 2 aromatic heterocycles. The Balaban J connectivity index is 1.68. The van der Waals surface area contributed by atoms with E-state index in [1.807, 2.05) is 12.1 Å². The lowest BCUT2D eigenvalue weighted by molar-refractivity contribution is 0.282. The van der Waals surface area contributed by atoms with E-state index in [4.69, 9.17) is 0 Å². The zero-order valence-electron chi connectivity index (χ0n) is 11.3. The van der Waals surface area contributed by atoms with Gasteiger partial charge in [0.15, 0.2) is 5.65 Å². The van der Waals surface area contributed by atoms with Crippen molar-refractivity contribution in [2.24, 2.45) is 0 Å². The molecule has 106 valence electrons. The first-order chi connectivity index (χ1) is 10.3. The average Bonchev–Trinajstić information content (AvgIpc) is 2.91. The molecule has 2 heterocycles. The van der Waals surface area contributed by atoms with E-state index >= 15 is 0 Å². The van der Waals surface area contributed by atoms with Gasteiger partial charge in [-0.15, -0.1) is 0 Å². The Hall–Kier alpha value is -2.50. The van der Waals surface area contributed by atoms with E-state index in [2.05, 4.69) is 25.5 Å². The van der Waals surface area contributed by atoms with Crippen LogP contribution in [0.25, 0.3) is 11.0 Å². The van der Waals surface area contributed by atoms with Crippen LogP contribution in [0.15, 0.2) is 36.7 Å². The fraction of sp³-hybridized carbons (Fsp3) is 0.267. The molecule has 2 N–H and O–H groups in total. The molecule has 5 nitrogen and oxygen atoms in total. The maximum atomic E-state index is 13.1. The molecule has 3 aromatic rings. The van der Waals surface area contributed by atoms with Crippen molar-refractivity contribution in [2.45, 2.75) is 24.8 Å². The second kappa shape index (κ2) is 4.51. The fourth-order valence-corrected chi connectivity index (χ4v) is 2.80. The number of rotatable bonds is 3. The normalized spacial score (nSPS) is 16.6. The highest BCUT2D eigenvalue weighted by atomic mass is 19.1. The van der Waals surface area contributed by atoms with E-state index < -0.39 is 0 Å². The van der Waals surface area contributed by atoms with Gasteiger partial charge in [0.05, 0.1) is 17.1 Å². The third-order valence-electron chi connectivity index (χ3n) is 4.15. The number of hydrogen-bond donors (Lipinski definition) is 2. The predicted molar refractivity (Wildman–Crippen MR) is 77.2 cm³/mol. The highest BCUT2D eigenvalue weighted by Gasteiger charge is 2.39. The third kappa shape index (κ3) is 2.03. The van der Waals surface area contributed by atoms with Gasteiger partial charge in [-0.1, -0.05) is 12.1 Å². The van der Waals surface area contributed by atoms with Gasteiger partial charge in [0, 0.05) is 6.20 Å². The molecular formula is C15H14FN5. The molecule has 0 bridgehead atoms. The highest BCUT2D eigenvalue weighted by molar-refractivity contribution is 5.73. The lowest BCUT2D eigenvalue weighted by atomic mass is 9.72. The number of anilines is 1. The van der Waals surface area contributed by atoms with Gasteiger partial charge in [-0.3, -0.25) is 5.10 Å². The number of aromatic amines is 1. The highest BCUT2D eigenvalue weighted by Crippen LogP contribution is 2.43. The van der Waals surface area contributed by atoms with E-state index in [-0.39, 0.29) is 11.4 Å².